The molecule has 0 aromatic heterocycles. The second-order valence-corrected chi connectivity index (χ2v) is 7.46. The zero-order valence-electron chi connectivity index (χ0n) is 13.0. The fourth-order valence-corrected chi connectivity index (χ4v) is 3.28. The van der Waals surface area contributed by atoms with Crippen LogP contribution in [0.25, 0.3) is 0 Å². The highest BCUT2D eigenvalue weighted by Gasteiger charge is 2.30. The summed E-state index contributed by atoms with van der Waals surface area (Å²) < 4.78 is 27.2. The highest BCUT2D eigenvalue weighted by atomic mass is 32.2. The summed E-state index contributed by atoms with van der Waals surface area (Å²) in [4.78, 5) is 16.1. The van der Waals surface area contributed by atoms with Crippen molar-refractivity contribution >= 4 is 16.1 Å². The first-order chi connectivity index (χ1) is 9.11. The molecule has 7 heteroatoms. The van der Waals surface area contributed by atoms with Crippen LogP contribution >= 0.6 is 0 Å². The average Bonchev–Trinajstić information content (AvgIpc) is 2.26. The maximum atomic E-state index is 12.5. The van der Waals surface area contributed by atoms with E-state index in [1.165, 1.54) is 0 Å². The van der Waals surface area contributed by atoms with Gasteiger partial charge in [-0.15, -0.1) is 0 Å². The van der Waals surface area contributed by atoms with Crippen molar-refractivity contribution in [2.45, 2.75) is 58.7 Å². The molecule has 1 saturated heterocycles. The zero-order chi connectivity index (χ0) is 15.5. The van der Waals surface area contributed by atoms with E-state index < -0.39 is 10.1 Å². The lowest BCUT2D eigenvalue weighted by Crippen LogP contribution is -2.52. The Morgan fingerprint density at radius 1 is 1.15 bits per heavy atom. The average molecular weight is 306 g/mol. The number of rotatable bonds is 4. The molecule has 118 valence electrons. The van der Waals surface area contributed by atoms with Gasteiger partial charge in [0, 0.05) is 25.2 Å². The Morgan fingerprint density at radius 3 is 1.95 bits per heavy atom. The van der Waals surface area contributed by atoms with Crippen molar-refractivity contribution in [3.05, 3.63) is 0 Å². The first-order valence-corrected chi connectivity index (χ1v) is 8.89. The maximum Gasteiger partial charge on any atom is 0.320 e. The SMILES string of the molecule is CC(C)N(C(=O)N1CCC(OS(C)(=O)=O)CC1)C(C)C. The number of likely N-dealkylation sites (tertiary alicyclic amines) is 1. The minimum Gasteiger partial charge on any atom is -0.324 e. The van der Waals surface area contributed by atoms with E-state index in [-0.39, 0.29) is 24.2 Å². The summed E-state index contributed by atoms with van der Waals surface area (Å²) in [6.07, 6.45) is 1.87. The molecule has 0 unspecified atom stereocenters. The number of urea groups is 1. The highest BCUT2D eigenvalue weighted by Crippen LogP contribution is 2.18. The van der Waals surface area contributed by atoms with Crippen molar-refractivity contribution in [2.75, 3.05) is 19.3 Å². The van der Waals surface area contributed by atoms with Crippen molar-refractivity contribution in [3.63, 3.8) is 0 Å². The van der Waals surface area contributed by atoms with Gasteiger partial charge in [0.05, 0.1) is 12.4 Å². The molecule has 6 nitrogen and oxygen atoms in total. The van der Waals surface area contributed by atoms with E-state index in [0.717, 1.165) is 6.26 Å². The van der Waals surface area contributed by atoms with Crippen LogP contribution < -0.4 is 0 Å². The molecular formula is C13H26N2O4S. The lowest BCUT2D eigenvalue weighted by Gasteiger charge is -2.38. The summed E-state index contributed by atoms with van der Waals surface area (Å²) in [6.45, 7) is 9.06. The molecule has 20 heavy (non-hydrogen) atoms. The number of carbonyl (C=O) groups is 1. The van der Waals surface area contributed by atoms with E-state index >= 15 is 0 Å². The van der Waals surface area contributed by atoms with Gasteiger partial charge in [0.2, 0.25) is 0 Å². The summed E-state index contributed by atoms with van der Waals surface area (Å²) in [5.74, 6) is 0. The predicted molar refractivity (Wildman–Crippen MR) is 78.0 cm³/mol. The van der Waals surface area contributed by atoms with E-state index in [2.05, 4.69) is 0 Å². The third kappa shape index (κ3) is 4.94. The quantitative estimate of drug-likeness (QED) is 0.741. The Balaban J connectivity index is 2.58. The molecule has 0 aliphatic carbocycles. The normalized spacial score (nSPS) is 17.9. The first kappa shape index (κ1) is 17.2. The van der Waals surface area contributed by atoms with Crippen LogP contribution in [0.4, 0.5) is 4.79 Å². The summed E-state index contributed by atoms with van der Waals surface area (Å²) >= 11 is 0. The molecule has 1 fully saturated rings. The molecule has 1 heterocycles. The van der Waals surface area contributed by atoms with E-state index in [0.29, 0.717) is 25.9 Å². The molecule has 0 spiro atoms. The van der Waals surface area contributed by atoms with Crippen LogP contribution in [-0.2, 0) is 14.3 Å². The second kappa shape index (κ2) is 6.76. The van der Waals surface area contributed by atoms with Gasteiger partial charge in [-0.1, -0.05) is 0 Å². The molecular weight excluding hydrogens is 280 g/mol. The van der Waals surface area contributed by atoms with Gasteiger partial charge >= 0.3 is 6.03 Å². The fourth-order valence-electron chi connectivity index (χ4n) is 2.59. The molecule has 0 atom stereocenters. The zero-order valence-corrected chi connectivity index (χ0v) is 13.8. The molecule has 0 radical (unpaired) electrons. The summed E-state index contributed by atoms with van der Waals surface area (Å²) in [7, 11) is -3.42. The Kier molecular flexibility index (Phi) is 5.82. The number of piperidine rings is 1. The lowest BCUT2D eigenvalue weighted by atomic mass is 10.1. The van der Waals surface area contributed by atoms with Crippen LogP contribution in [-0.4, -0.2) is 61.8 Å². The predicted octanol–water partition coefficient (Wildman–Crippen LogP) is 1.67. The van der Waals surface area contributed by atoms with Crippen LogP contribution in [0.5, 0.6) is 0 Å². The molecule has 1 aliphatic heterocycles. The Hall–Kier alpha value is -0.820. The Bertz CT molecular complexity index is 418. The third-order valence-electron chi connectivity index (χ3n) is 3.36. The first-order valence-electron chi connectivity index (χ1n) is 7.07. The summed E-state index contributed by atoms with van der Waals surface area (Å²) in [5, 5.41) is 0. The standard InChI is InChI=1S/C13H26N2O4S/c1-10(2)15(11(3)4)13(16)14-8-6-12(7-9-14)19-20(5,17)18/h10-12H,6-9H2,1-5H3. The van der Waals surface area contributed by atoms with E-state index in [1.54, 1.807) is 4.90 Å². The van der Waals surface area contributed by atoms with Gasteiger partial charge in [0.25, 0.3) is 10.1 Å². The van der Waals surface area contributed by atoms with Crippen molar-refractivity contribution in [1.82, 2.24) is 9.80 Å². The summed E-state index contributed by atoms with van der Waals surface area (Å²) in [6, 6.07) is 0.313. The van der Waals surface area contributed by atoms with Gasteiger partial charge in [-0.05, 0) is 40.5 Å². The number of amides is 2. The number of hydrogen-bond acceptors (Lipinski definition) is 4. The molecule has 0 N–H and O–H groups in total. The smallest absolute Gasteiger partial charge is 0.320 e. The molecule has 0 aromatic rings. The number of nitrogens with zero attached hydrogens (tertiary/aromatic N) is 2. The Morgan fingerprint density at radius 2 is 1.60 bits per heavy atom. The van der Waals surface area contributed by atoms with Gasteiger partial charge in [-0.2, -0.15) is 8.42 Å². The minimum atomic E-state index is -3.42. The van der Waals surface area contributed by atoms with Crippen LogP contribution in [0.15, 0.2) is 0 Å². The van der Waals surface area contributed by atoms with Crippen molar-refractivity contribution in [1.29, 1.82) is 0 Å². The highest BCUT2D eigenvalue weighted by molar-refractivity contribution is 7.86. The third-order valence-corrected chi connectivity index (χ3v) is 3.98. The van der Waals surface area contributed by atoms with Crippen molar-refractivity contribution in [3.8, 4) is 0 Å². The van der Waals surface area contributed by atoms with Gasteiger partial charge in [0.1, 0.15) is 0 Å². The molecule has 2 amide bonds. The van der Waals surface area contributed by atoms with Crippen molar-refractivity contribution in [2.24, 2.45) is 0 Å². The van der Waals surface area contributed by atoms with E-state index in [4.69, 9.17) is 4.18 Å². The van der Waals surface area contributed by atoms with Crippen LogP contribution in [0, 0.1) is 0 Å². The topological polar surface area (TPSA) is 66.9 Å². The molecule has 0 saturated carbocycles. The van der Waals surface area contributed by atoms with Crippen LogP contribution in [0.1, 0.15) is 40.5 Å². The van der Waals surface area contributed by atoms with E-state index in [1.807, 2.05) is 32.6 Å². The maximum absolute atomic E-state index is 12.5. The number of hydrogen-bond donors (Lipinski definition) is 0. The lowest BCUT2D eigenvalue weighted by molar-refractivity contribution is 0.0858. The fraction of sp³-hybridized carbons (Fsp3) is 0.923. The van der Waals surface area contributed by atoms with Gasteiger partial charge < -0.3 is 9.80 Å². The molecule has 1 rings (SSSR count). The van der Waals surface area contributed by atoms with Crippen molar-refractivity contribution < 1.29 is 17.4 Å². The van der Waals surface area contributed by atoms with Gasteiger partial charge in [-0.3, -0.25) is 4.18 Å². The van der Waals surface area contributed by atoms with Gasteiger partial charge in [-0.25, -0.2) is 4.79 Å². The molecule has 0 bridgehead atoms. The number of carbonyl (C=O) groups excluding carboxylic acids is 1. The minimum absolute atomic E-state index is 0.0211. The largest absolute Gasteiger partial charge is 0.324 e. The van der Waals surface area contributed by atoms with Crippen LogP contribution in [0.3, 0.4) is 0 Å². The van der Waals surface area contributed by atoms with E-state index in [9.17, 15) is 13.2 Å². The second-order valence-electron chi connectivity index (χ2n) is 5.86. The summed E-state index contributed by atoms with van der Waals surface area (Å²) in [5.41, 5.74) is 0. The molecule has 0 aromatic carbocycles. The van der Waals surface area contributed by atoms with Gasteiger partial charge in [0.15, 0.2) is 0 Å². The molecule has 1 aliphatic rings. The van der Waals surface area contributed by atoms with Crippen LogP contribution in [0.2, 0.25) is 0 Å². The Labute approximate surface area is 122 Å². The monoisotopic (exact) mass is 306 g/mol.